The van der Waals surface area contributed by atoms with Crippen molar-refractivity contribution in [2.45, 2.75) is 26.2 Å². The van der Waals surface area contributed by atoms with Crippen LogP contribution in [0.15, 0.2) is 42.5 Å². The van der Waals surface area contributed by atoms with Gasteiger partial charge < -0.3 is 10.5 Å². The predicted octanol–water partition coefficient (Wildman–Crippen LogP) is 4.76. The minimum atomic E-state index is 0.522. The first-order valence-electron chi connectivity index (χ1n) is 6.86. The Labute approximate surface area is 125 Å². The Morgan fingerprint density at radius 2 is 1.70 bits per heavy atom. The summed E-state index contributed by atoms with van der Waals surface area (Å²) in [5.41, 5.74) is 7.89. The first kappa shape index (κ1) is 14.9. The molecule has 0 aliphatic carbocycles. The Hall–Kier alpha value is -1.51. The quantitative estimate of drug-likeness (QED) is 0.861. The van der Waals surface area contributed by atoms with Gasteiger partial charge in [-0.1, -0.05) is 43.6 Å². The fraction of sp³-hybridized carbons (Fsp3) is 0.294. The molecule has 20 heavy (non-hydrogen) atoms. The largest absolute Gasteiger partial charge is 0.457 e. The number of hydrogen-bond acceptors (Lipinski definition) is 2. The zero-order valence-electron chi connectivity index (χ0n) is 11.9. The Morgan fingerprint density at radius 1 is 1.05 bits per heavy atom. The van der Waals surface area contributed by atoms with E-state index in [1.807, 2.05) is 30.3 Å². The average molecular weight is 290 g/mol. The van der Waals surface area contributed by atoms with Crippen LogP contribution in [0.2, 0.25) is 5.02 Å². The van der Waals surface area contributed by atoms with Gasteiger partial charge in [-0.05, 0) is 54.3 Å². The van der Waals surface area contributed by atoms with Gasteiger partial charge in [-0.3, -0.25) is 0 Å². The van der Waals surface area contributed by atoms with Crippen LogP contribution in [0.3, 0.4) is 0 Å². The molecule has 0 atom stereocenters. The van der Waals surface area contributed by atoms with Gasteiger partial charge >= 0.3 is 0 Å². The van der Waals surface area contributed by atoms with Crippen LogP contribution in [0, 0.1) is 0 Å². The van der Waals surface area contributed by atoms with Crippen LogP contribution in [-0.2, 0) is 6.42 Å². The zero-order valence-corrected chi connectivity index (χ0v) is 12.7. The molecule has 0 aromatic heterocycles. The molecule has 0 saturated heterocycles. The lowest BCUT2D eigenvalue weighted by atomic mass is 10.0. The van der Waals surface area contributed by atoms with Gasteiger partial charge in [0.1, 0.15) is 11.5 Å². The third kappa shape index (κ3) is 3.75. The molecule has 0 bridgehead atoms. The lowest BCUT2D eigenvalue weighted by Crippen LogP contribution is -2.03. The zero-order chi connectivity index (χ0) is 14.5. The van der Waals surface area contributed by atoms with E-state index in [1.165, 1.54) is 5.56 Å². The predicted molar refractivity (Wildman–Crippen MR) is 84.8 cm³/mol. The summed E-state index contributed by atoms with van der Waals surface area (Å²) in [7, 11) is 0. The van der Waals surface area contributed by atoms with Crippen molar-refractivity contribution in [3.8, 4) is 11.5 Å². The molecule has 0 heterocycles. The Bertz CT molecular complexity index is 564. The fourth-order valence-corrected chi connectivity index (χ4v) is 2.27. The molecule has 0 spiro atoms. The van der Waals surface area contributed by atoms with Gasteiger partial charge in [0.2, 0.25) is 0 Å². The molecular formula is C17H20ClNO. The van der Waals surface area contributed by atoms with Crippen molar-refractivity contribution in [1.82, 2.24) is 0 Å². The molecule has 2 nitrogen and oxygen atoms in total. The van der Waals surface area contributed by atoms with Crippen molar-refractivity contribution in [3.05, 3.63) is 58.6 Å². The second-order valence-electron chi connectivity index (χ2n) is 5.12. The molecule has 3 heteroatoms. The topological polar surface area (TPSA) is 35.2 Å². The van der Waals surface area contributed by atoms with Crippen LogP contribution in [-0.4, -0.2) is 6.54 Å². The van der Waals surface area contributed by atoms with Gasteiger partial charge in [0.05, 0.1) is 0 Å². The molecule has 106 valence electrons. The number of rotatable bonds is 5. The Balaban J connectivity index is 2.11. The van der Waals surface area contributed by atoms with Gasteiger partial charge in [-0.25, -0.2) is 0 Å². The van der Waals surface area contributed by atoms with E-state index in [2.05, 4.69) is 26.0 Å². The van der Waals surface area contributed by atoms with Gasteiger partial charge in [-0.2, -0.15) is 0 Å². The number of benzene rings is 2. The van der Waals surface area contributed by atoms with Crippen molar-refractivity contribution in [1.29, 1.82) is 0 Å². The monoisotopic (exact) mass is 289 g/mol. The summed E-state index contributed by atoms with van der Waals surface area (Å²) >= 11 is 6.21. The standard InChI is InChI=1S/C17H20ClNO/c1-12(2)13-3-6-15(7-4-13)20-16-8-5-14(9-10-19)17(18)11-16/h3-8,11-12H,9-10,19H2,1-2H3. The Morgan fingerprint density at radius 3 is 2.25 bits per heavy atom. The van der Waals surface area contributed by atoms with E-state index in [0.29, 0.717) is 17.5 Å². The van der Waals surface area contributed by atoms with Crippen LogP contribution in [0.1, 0.15) is 30.9 Å². The molecule has 2 rings (SSSR count). The number of ether oxygens (including phenoxy) is 1. The summed E-state index contributed by atoms with van der Waals surface area (Å²) < 4.78 is 5.81. The van der Waals surface area contributed by atoms with Gasteiger partial charge in [-0.15, -0.1) is 0 Å². The van der Waals surface area contributed by atoms with E-state index in [1.54, 1.807) is 0 Å². The number of halogens is 1. The van der Waals surface area contributed by atoms with E-state index in [0.717, 1.165) is 23.5 Å². The van der Waals surface area contributed by atoms with Crippen LogP contribution in [0.5, 0.6) is 11.5 Å². The Kier molecular flexibility index (Phi) is 5.05. The van der Waals surface area contributed by atoms with Crippen LogP contribution in [0.4, 0.5) is 0 Å². The normalized spacial score (nSPS) is 10.8. The molecule has 0 amide bonds. The second kappa shape index (κ2) is 6.78. The molecule has 2 aromatic carbocycles. The number of nitrogens with two attached hydrogens (primary N) is 1. The van der Waals surface area contributed by atoms with Crippen LogP contribution in [0.25, 0.3) is 0 Å². The maximum Gasteiger partial charge on any atom is 0.128 e. The van der Waals surface area contributed by atoms with Crippen molar-refractivity contribution >= 4 is 11.6 Å². The molecule has 0 radical (unpaired) electrons. The molecule has 0 aliphatic heterocycles. The third-order valence-corrected chi connectivity index (χ3v) is 3.57. The first-order chi connectivity index (χ1) is 9.60. The van der Waals surface area contributed by atoms with Crippen molar-refractivity contribution < 1.29 is 4.74 Å². The molecule has 2 aromatic rings. The summed E-state index contributed by atoms with van der Waals surface area (Å²) in [6.07, 6.45) is 0.780. The minimum absolute atomic E-state index is 0.522. The summed E-state index contributed by atoms with van der Waals surface area (Å²) in [5.74, 6) is 2.08. The molecule has 0 unspecified atom stereocenters. The third-order valence-electron chi connectivity index (χ3n) is 3.22. The van der Waals surface area contributed by atoms with Gasteiger partial charge in [0.25, 0.3) is 0 Å². The van der Waals surface area contributed by atoms with Gasteiger partial charge in [0.15, 0.2) is 0 Å². The van der Waals surface area contributed by atoms with Crippen LogP contribution < -0.4 is 10.5 Å². The van der Waals surface area contributed by atoms with Crippen molar-refractivity contribution in [3.63, 3.8) is 0 Å². The maximum absolute atomic E-state index is 6.21. The lowest BCUT2D eigenvalue weighted by Gasteiger charge is -2.10. The smallest absolute Gasteiger partial charge is 0.128 e. The van der Waals surface area contributed by atoms with E-state index in [-0.39, 0.29) is 0 Å². The summed E-state index contributed by atoms with van der Waals surface area (Å²) in [6.45, 7) is 4.94. The summed E-state index contributed by atoms with van der Waals surface area (Å²) in [4.78, 5) is 0. The SMILES string of the molecule is CC(C)c1ccc(Oc2ccc(CCN)c(Cl)c2)cc1. The summed E-state index contributed by atoms with van der Waals surface area (Å²) in [6, 6.07) is 13.9. The van der Waals surface area contributed by atoms with Crippen molar-refractivity contribution in [2.24, 2.45) is 5.73 Å². The first-order valence-corrected chi connectivity index (χ1v) is 7.24. The van der Waals surface area contributed by atoms with E-state index in [4.69, 9.17) is 22.1 Å². The van der Waals surface area contributed by atoms with Crippen LogP contribution >= 0.6 is 11.6 Å². The highest BCUT2D eigenvalue weighted by molar-refractivity contribution is 6.31. The van der Waals surface area contributed by atoms with Gasteiger partial charge in [0, 0.05) is 5.02 Å². The molecule has 2 N–H and O–H groups in total. The highest BCUT2D eigenvalue weighted by Gasteiger charge is 2.04. The highest BCUT2D eigenvalue weighted by Crippen LogP contribution is 2.28. The van der Waals surface area contributed by atoms with E-state index >= 15 is 0 Å². The lowest BCUT2D eigenvalue weighted by molar-refractivity contribution is 0.482. The molecular weight excluding hydrogens is 270 g/mol. The van der Waals surface area contributed by atoms with E-state index in [9.17, 15) is 0 Å². The van der Waals surface area contributed by atoms with Crippen molar-refractivity contribution in [2.75, 3.05) is 6.54 Å². The second-order valence-corrected chi connectivity index (χ2v) is 5.52. The average Bonchev–Trinajstić information content (AvgIpc) is 2.42. The van der Waals surface area contributed by atoms with E-state index < -0.39 is 0 Å². The summed E-state index contributed by atoms with van der Waals surface area (Å²) in [5, 5.41) is 0.701. The molecule has 0 fully saturated rings. The molecule has 0 aliphatic rings. The fourth-order valence-electron chi connectivity index (χ4n) is 2.01. The molecule has 0 saturated carbocycles. The minimum Gasteiger partial charge on any atom is -0.457 e. The number of hydrogen-bond donors (Lipinski definition) is 1. The highest BCUT2D eigenvalue weighted by atomic mass is 35.5. The maximum atomic E-state index is 6.21.